The van der Waals surface area contributed by atoms with E-state index in [0.717, 1.165) is 11.3 Å². The van der Waals surface area contributed by atoms with Gasteiger partial charge in [-0.15, -0.1) is 11.3 Å². The third kappa shape index (κ3) is 3.05. The summed E-state index contributed by atoms with van der Waals surface area (Å²) in [6, 6.07) is 2.93. The third-order valence-corrected chi connectivity index (χ3v) is 3.53. The van der Waals surface area contributed by atoms with E-state index in [-0.39, 0.29) is 0 Å². The first-order valence-corrected chi connectivity index (χ1v) is 6.49. The fourth-order valence-corrected chi connectivity index (χ4v) is 2.13. The van der Waals surface area contributed by atoms with E-state index >= 15 is 0 Å². The highest BCUT2D eigenvalue weighted by molar-refractivity contribution is 7.13. The fourth-order valence-electron chi connectivity index (χ4n) is 1.34. The van der Waals surface area contributed by atoms with E-state index < -0.39 is 5.82 Å². The van der Waals surface area contributed by atoms with Gasteiger partial charge in [0.15, 0.2) is 0 Å². The largest absolute Gasteiger partial charge is 0.253 e. The highest BCUT2D eigenvalue weighted by Crippen LogP contribution is 2.19. The van der Waals surface area contributed by atoms with Crippen molar-refractivity contribution in [3.63, 3.8) is 0 Å². The minimum atomic E-state index is -0.397. The minimum Gasteiger partial charge on any atom is -0.253 e. The van der Waals surface area contributed by atoms with Crippen molar-refractivity contribution in [1.29, 1.82) is 0 Å². The summed E-state index contributed by atoms with van der Waals surface area (Å²) in [5, 5.41) is 6.94. The van der Waals surface area contributed by atoms with Crippen molar-refractivity contribution in [1.82, 2.24) is 4.98 Å². The predicted octanol–water partition coefficient (Wildman–Crippen LogP) is 4.00. The molecule has 1 heterocycles. The maximum atomic E-state index is 13.5. The lowest BCUT2D eigenvalue weighted by Gasteiger charge is -2.01. The molecule has 94 valence electrons. The van der Waals surface area contributed by atoms with Gasteiger partial charge in [-0.2, -0.15) is 5.10 Å². The first-order valence-electron chi connectivity index (χ1n) is 5.23. The number of aromatic nitrogens is 1. The number of hydrogen-bond acceptors (Lipinski definition) is 4. The molecule has 2 rings (SSSR count). The molecule has 1 N–H and O–H groups in total. The van der Waals surface area contributed by atoms with Gasteiger partial charge in [0.25, 0.3) is 0 Å². The van der Waals surface area contributed by atoms with E-state index in [2.05, 4.69) is 15.5 Å². The summed E-state index contributed by atoms with van der Waals surface area (Å²) in [5.41, 5.74) is 4.87. The lowest BCUT2D eigenvalue weighted by molar-refractivity contribution is 0.625. The highest BCUT2D eigenvalue weighted by atomic mass is 35.5. The Morgan fingerprint density at radius 1 is 1.44 bits per heavy atom. The molecule has 0 aliphatic heterocycles. The van der Waals surface area contributed by atoms with E-state index in [1.807, 2.05) is 19.2 Å². The van der Waals surface area contributed by atoms with Gasteiger partial charge in [-0.05, 0) is 31.5 Å². The van der Waals surface area contributed by atoms with Crippen LogP contribution >= 0.6 is 22.9 Å². The molecule has 0 spiro atoms. The molecule has 0 saturated carbocycles. The monoisotopic (exact) mass is 283 g/mol. The van der Waals surface area contributed by atoms with Crippen LogP contribution in [-0.2, 0) is 0 Å². The van der Waals surface area contributed by atoms with E-state index in [4.69, 9.17) is 11.6 Å². The van der Waals surface area contributed by atoms with Crippen LogP contribution in [0.2, 0.25) is 5.02 Å². The molecular formula is C12H11ClFN3S. The van der Waals surface area contributed by atoms with E-state index in [1.165, 1.54) is 23.6 Å². The molecule has 0 saturated heterocycles. The predicted molar refractivity (Wildman–Crippen MR) is 74.2 cm³/mol. The molecule has 0 fully saturated rings. The summed E-state index contributed by atoms with van der Waals surface area (Å²) in [7, 11) is 0. The van der Waals surface area contributed by atoms with Crippen LogP contribution in [0.25, 0.3) is 0 Å². The SMILES string of the molecule is Cc1csc(NN=Cc2cc(C)c(Cl)cc2F)n1. The smallest absolute Gasteiger partial charge is 0.203 e. The lowest BCUT2D eigenvalue weighted by atomic mass is 10.1. The standard InChI is InChI=1S/C12H11ClFN3S/c1-7-3-9(11(14)4-10(7)13)5-15-17-12-16-8(2)6-18-12/h3-6H,1-2H3,(H,16,17). The normalized spacial score (nSPS) is 11.1. The van der Waals surface area contributed by atoms with Crippen LogP contribution in [0.15, 0.2) is 22.6 Å². The zero-order valence-electron chi connectivity index (χ0n) is 9.87. The maximum Gasteiger partial charge on any atom is 0.203 e. The molecular weight excluding hydrogens is 273 g/mol. The molecule has 3 nitrogen and oxygen atoms in total. The zero-order chi connectivity index (χ0) is 13.1. The summed E-state index contributed by atoms with van der Waals surface area (Å²) in [5.74, 6) is -0.397. The van der Waals surface area contributed by atoms with Crippen LogP contribution in [0.1, 0.15) is 16.8 Å². The topological polar surface area (TPSA) is 37.3 Å². The minimum absolute atomic E-state index is 0.387. The maximum absolute atomic E-state index is 13.5. The Morgan fingerprint density at radius 2 is 2.22 bits per heavy atom. The van der Waals surface area contributed by atoms with E-state index in [1.54, 1.807) is 6.07 Å². The molecule has 2 aromatic rings. The van der Waals surface area contributed by atoms with Gasteiger partial charge in [0.2, 0.25) is 5.13 Å². The van der Waals surface area contributed by atoms with Gasteiger partial charge in [0, 0.05) is 16.0 Å². The molecule has 0 amide bonds. The van der Waals surface area contributed by atoms with Crippen molar-refractivity contribution in [3.05, 3.63) is 45.2 Å². The number of anilines is 1. The number of nitrogens with one attached hydrogen (secondary N) is 1. The van der Waals surface area contributed by atoms with Crippen molar-refractivity contribution in [2.45, 2.75) is 13.8 Å². The number of hydrazone groups is 1. The molecule has 0 aliphatic carbocycles. The van der Waals surface area contributed by atoms with Gasteiger partial charge in [-0.1, -0.05) is 11.6 Å². The Bertz CT molecular complexity index is 595. The molecule has 0 bridgehead atoms. The Balaban J connectivity index is 2.11. The number of hydrogen-bond donors (Lipinski definition) is 1. The van der Waals surface area contributed by atoms with Crippen molar-refractivity contribution in [3.8, 4) is 0 Å². The van der Waals surface area contributed by atoms with Gasteiger partial charge in [0.1, 0.15) is 5.82 Å². The molecule has 18 heavy (non-hydrogen) atoms. The Kier molecular flexibility index (Phi) is 3.93. The summed E-state index contributed by atoms with van der Waals surface area (Å²) in [6.07, 6.45) is 1.41. The van der Waals surface area contributed by atoms with E-state index in [9.17, 15) is 4.39 Å². The number of rotatable bonds is 3. The van der Waals surface area contributed by atoms with E-state index in [0.29, 0.717) is 15.7 Å². The Morgan fingerprint density at radius 3 is 2.89 bits per heavy atom. The van der Waals surface area contributed by atoms with Crippen molar-refractivity contribution in [2.75, 3.05) is 5.43 Å². The van der Waals surface area contributed by atoms with Crippen LogP contribution < -0.4 is 5.43 Å². The van der Waals surface area contributed by atoms with Crippen LogP contribution in [0.3, 0.4) is 0 Å². The summed E-state index contributed by atoms with van der Waals surface area (Å²) in [6.45, 7) is 3.71. The third-order valence-electron chi connectivity index (χ3n) is 2.26. The second-order valence-corrected chi connectivity index (χ2v) is 5.05. The zero-order valence-corrected chi connectivity index (χ0v) is 11.4. The molecule has 6 heteroatoms. The van der Waals surface area contributed by atoms with Crippen LogP contribution in [0.4, 0.5) is 9.52 Å². The average molecular weight is 284 g/mol. The lowest BCUT2D eigenvalue weighted by Crippen LogP contribution is -1.94. The Hall–Kier alpha value is -1.46. The second-order valence-electron chi connectivity index (χ2n) is 3.79. The first-order chi connectivity index (χ1) is 8.56. The number of thiazole rings is 1. The second kappa shape index (κ2) is 5.46. The quantitative estimate of drug-likeness (QED) is 0.683. The summed E-state index contributed by atoms with van der Waals surface area (Å²) in [4.78, 5) is 4.17. The van der Waals surface area contributed by atoms with Gasteiger partial charge < -0.3 is 0 Å². The number of aryl methyl sites for hydroxylation is 2. The van der Waals surface area contributed by atoms with Gasteiger partial charge in [0.05, 0.1) is 11.9 Å². The summed E-state index contributed by atoms with van der Waals surface area (Å²) < 4.78 is 13.5. The number of nitrogens with zero attached hydrogens (tertiary/aromatic N) is 2. The molecule has 0 unspecified atom stereocenters. The van der Waals surface area contributed by atoms with Crippen molar-refractivity contribution >= 4 is 34.3 Å². The number of benzene rings is 1. The number of halogens is 2. The summed E-state index contributed by atoms with van der Waals surface area (Å²) >= 11 is 7.25. The molecule has 1 aromatic carbocycles. The average Bonchev–Trinajstić information content (AvgIpc) is 2.71. The molecule has 0 atom stereocenters. The Labute approximate surface area is 113 Å². The van der Waals surface area contributed by atoms with Crippen LogP contribution in [-0.4, -0.2) is 11.2 Å². The molecule has 0 radical (unpaired) electrons. The first kappa shape index (κ1) is 13.0. The van der Waals surface area contributed by atoms with Crippen LogP contribution in [0.5, 0.6) is 0 Å². The van der Waals surface area contributed by atoms with Crippen LogP contribution in [0, 0.1) is 19.7 Å². The molecule has 1 aromatic heterocycles. The van der Waals surface area contributed by atoms with Crippen molar-refractivity contribution < 1.29 is 4.39 Å². The van der Waals surface area contributed by atoms with Crippen molar-refractivity contribution in [2.24, 2.45) is 5.10 Å². The van der Waals surface area contributed by atoms with Gasteiger partial charge in [-0.3, -0.25) is 5.43 Å². The van der Waals surface area contributed by atoms with Gasteiger partial charge >= 0.3 is 0 Å². The van der Waals surface area contributed by atoms with Gasteiger partial charge in [-0.25, -0.2) is 9.37 Å². The highest BCUT2D eigenvalue weighted by Gasteiger charge is 2.04. The molecule has 0 aliphatic rings. The fraction of sp³-hybridized carbons (Fsp3) is 0.167.